The van der Waals surface area contributed by atoms with Gasteiger partial charge in [0.15, 0.2) is 0 Å². The summed E-state index contributed by atoms with van der Waals surface area (Å²) in [5, 5.41) is 9.34. The number of carbonyl (C=O) groups excluding carboxylic acids is 2. The highest BCUT2D eigenvalue weighted by molar-refractivity contribution is 5.84. The van der Waals surface area contributed by atoms with Crippen molar-refractivity contribution in [1.29, 1.82) is 0 Å². The molecule has 0 aliphatic carbocycles. The lowest BCUT2D eigenvalue weighted by Crippen LogP contribution is -2.53. The lowest BCUT2D eigenvalue weighted by molar-refractivity contribution is -0.145. The first-order valence-electron chi connectivity index (χ1n) is 7.72. The molecule has 2 unspecified atom stereocenters. The predicted molar refractivity (Wildman–Crippen MR) is 84.4 cm³/mol. The van der Waals surface area contributed by atoms with Crippen LogP contribution in [0, 0.1) is 6.92 Å². The van der Waals surface area contributed by atoms with Crippen LogP contribution in [0.1, 0.15) is 30.9 Å². The van der Waals surface area contributed by atoms with Crippen molar-refractivity contribution in [3.8, 4) is 0 Å². The van der Waals surface area contributed by atoms with Gasteiger partial charge in [0.25, 0.3) is 5.91 Å². The smallest absolute Gasteiger partial charge is 0.251 e. The summed E-state index contributed by atoms with van der Waals surface area (Å²) in [6, 6.07) is 7.99. The Morgan fingerprint density at radius 3 is 2.09 bits per heavy atom. The number of nitrogens with zero attached hydrogens (tertiary/aromatic N) is 2. The molecule has 1 aliphatic heterocycles. The number of aryl methyl sites for hydroxylation is 1. The topological polar surface area (TPSA) is 60.9 Å². The van der Waals surface area contributed by atoms with Crippen LogP contribution in [0.3, 0.4) is 0 Å². The largest absolute Gasteiger partial charge is 0.384 e. The van der Waals surface area contributed by atoms with Gasteiger partial charge in [0.2, 0.25) is 5.91 Å². The normalized spacial score (nSPS) is 18.0. The van der Waals surface area contributed by atoms with Gasteiger partial charge in [-0.25, -0.2) is 0 Å². The van der Waals surface area contributed by atoms with E-state index in [-0.39, 0.29) is 17.7 Å². The zero-order valence-electron chi connectivity index (χ0n) is 13.5. The Balaban J connectivity index is 1.96. The molecule has 5 heteroatoms. The van der Waals surface area contributed by atoms with Crippen molar-refractivity contribution in [2.24, 2.45) is 0 Å². The van der Waals surface area contributed by atoms with E-state index in [2.05, 4.69) is 0 Å². The first kappa shape index (κ1) is 16.5. The van der Waals surface area contributed by atoms with E-state index in [1.807, 2.05) is 38.1 Å². The molecule has 0 spiro atoms. The van der Waals surface area contributed by atoms with Gasteiger partial charge < -0.3 is 14.9 Å². The molecule has 120 valence electrons. The second kappa shape index (κ2) is 6.92. The number of hydrogen-bond acceptors (Lipinski definition) is 3. The Morgan fingerprint density at radius 2 is 1.59 bits per heavy atom. The predicted octanol–water partition coefficient (Wildman–Crippen LogP) is 1.15. The average Bonchev–Trinajstić information content (AvgIpc) is 2.52. The Kier molecular flexibility index (Phi) is 5.19. The van der Waals surface area contributed by atoms with E-state index in [1.54, 1.807) is 9.80 Å². The number of rotatable bonds is 3. The maximum absolute atomic E-state index is 12.6. The summed E-state index contributed by atoms with van der Waals surface area (Å²) < 4.78 is 0. The minimum atomic E-state index is -0.978. The van der Waals surface area contributed by atoms with Crippen molar-refractivity contribution >= 4 is 11.8 Å². The van der Waals surface area contributed by atoms with E-state index in [1.165, 1.54) is 6.92 Å². The highest BCUT2D eigenvalue weighted by Crippen LogP contribution is 2.20. The van der Waals surface area contributed by atoms with Gasteiger partial charge in [0, 0.05) is 26.2 Å². The van der Waals surface area contributed by atoms with Crippen molar-refractivity contribution in [2.75, 3.05) is 26.2 Å². The first-order chi connectivity index (χ1) is 10.4. The summed E-state index contributed by atoms with van der Waals surface area (Å²) in [6.07, 6.45) is -0.978. The minimum absolute atomic E-state index is 0.0924. The summed E-state index contributed by atoms with van der Waals surface area (Å²) in [5.41, 5.74) is 2.16. The number of amides is 2. The third-order valence-electron chi connectivity index (χ3n) is 4.17. The molecule has 5 nitrogen and oxygen atoms in total. The number of aliphatic hydroxyl groups excluding tert-OH is 1. The third-order valence-corrected chi connectivity index (χ3v) is 4.17. The molecule has 2 rings (SSSR count). The first-order valence-corrected chi connectivity index (χ1v) is 7.72. The fraction of sp³-hybridized carbons (Fsp3) is 0.529. The van der Waals surface area contributed by atoms with Gasteiger partial charge >= 0.3 is 0 Å². The van der Waals surface area contributed by atoms with Crippen LogP contribution >= 0.6 is 0 Å². The quantitative estimate of drug-likeness (QED) is 0.911. The van der Waals surface area contributed by atoms with Crippen LogP contribution in [-0.4, -0.2) is 59.0 Å². The second-order valence-corrected chi connectivity index (χ2v) is 5.96. The molecule has 22 heavy (non-hydrogen) atoms. The van der Waals surface area contributed by atoms with Crippen LogP contribution in [0.25, 0.3) is 0 Å². The van der Waals surface area contributed by atoms with Gasteiger partial charge in [-0.05, 0) is 26.3 Å². The van der Waals surface area contributed by atoms with E-state index in [9.17, 15) is 14.7 Å². The molecule has 0 aromatic heterocycles. The molecule has 2 atom stereocenters. The summed E-state index contributed by atoms with van der Waals surface area (Å²) in [7, 11) is 0. The zero-order valence-corrected chi connectivity index (χ0v) is 13.5. The molecule has 0 bridgehead atoms. The zero-order chi connectivity index (χ0) is 16.3. The van der Waals surface area contributed by atoms with Crippen molar-refractivity contribution in [2.45, 2.75) is 32.8 Å². The van der Waals surface area contributed by atoms with Crippen LogP contribution in [0.5, 0.6) is 0 Å². The number of hydrogen-bond donors (Lipinski definition) is 1. The molecule has 1 aliphatic rings. The summed E-state index contributed by atoms with van der Waals surface area (Å²) in [6.45, 7) is 7.41. The lowest BCUT2D eigenvalue weighted by Gasteiger charge is -2.36. The van der Waals surface area contributed by atoms with Gasteiger partial charge in [-0.2, -0.15) is 0 Å². The van der Waals surface area contributed by atoms with Gasteiger partial charge in [-0.15, -0.1) is 0 Å². The Labute approximate surface area is 131 Å². The Bertz CT molecular complexity index is 549. The maximum atomic E-state index is 12.6. The molecule has 1 aromatic carbocycles. The fourth-order valence-electron chi connectivity index (χ4n) is 2.77. The van der Waals surface area contributed by atoms with E-state index in [0.29, 0.717) is 26.2 Å². The average molecular weight is 304 g/mol. The highest BCUT2D eigenvalue weighted by atomic mass is 16.3. The lowest BCUT2D eigenvalue weighted by atomic mass is 9.97. The molecule has 1 N–H and O–H groups in total. The number of benzene rings is 1. The maximum Gasteiger partial charge on any atom is 0.251 e. The van der Waals surface area contributed by atoms with Gasteiger partial charge in [0.1, 0.15) is 6.10 Å². The van der Waals surface area contributed by atoms with Crippen LogP contribution in [-0.2, 0) is 9.59 Å². The Hall–Kier alpha value is -1.88. The molecule has 1 aromatic rings. The van der Waals surface area contributed by atoms with Gasteiger partial charge in [-0.3, -0.25) is 9.59 Å². The van der Waals surface area contributed by atoms with Gasteiger partial charge in [-0.1, -0.05) is 29.8 Å². The summed E-state index contributed by atoms with van der Waals surface area (Å²) in [5.74, 6) is -0.354. The molecule has 1 saturated heterocycles. The minimum Gasteiger partial charge on any atom is -0.384 e. The van der Waals surface area contributed by atoms with E-state index >= 15 is 0 Å². The van der Waals surface area contributed by atoms with Crippen LogP contribution in [0.2, 0.25) is 0 Å². The van der Waals surface area contributed by atoms with E-state index in [4.69, 9.17) is 0 Å². The highest BCUT2D eigenvalue weighted by Gasteiger charge is 2.28. The third kappa shape index (κ3) is 3.65. The van der Waals surface area contributed by atoms with Crippen LogP contribution < -0.4 is 0 Å². The molecule has 1 heterocycles. The van der Waals surface area contributed by atoms with E-state index in [0.717, 1.165) is 11.1 Å². The molecule has 0 saturated carbocycles. The van der Waals surface area contributed by atoms with E-state index < -0.39 is 6.10 Å². The summed E-state index contributed by atoms with van der Waals surface area (Å²) >= 11 is 0. The molecule has 0 radical (unpaired) electrons. The van der Waals surface area contributed by atoms with Crippen LogP contribution in [0.4, 0.5) is 0 Å². The number of aliphatic hydroxyl groups is 1. The van der Waals surface area contributed by atoms with Gasteiger partial charge in [0.05, 0.1) is 5.92 Å². The van der Waals surface area contributed by atoms with Crippen molar-refractivity contribution in [1.82, 2.24) is 9.80 Å². The molecule has 2 amide bonds. The molecular formula is C17H24N2O3. The number of piperazine rings is 1. The van der Waals surface area contributed by atoms with Crippen molar-refractivity contribution in [3.05, 3.63) is 35.4 Å². The fourth-order valence-corrected chi connectivity index (χ4v) is 2.77. The van der Waals surface area contributed by atoms with Crippen molar-refractivity contribution in [3.63, 3.8) is 0 Å². The monoisotopic (exact) mass is 304 g/mol. The second-order valence-electron chi connectivity index (χ2n) is 5.96. The molecular weight excluding hydrogens is 280 g/mol. The van der Waals surface area contributed by atoms with Crippen LogP contribution in [0.15, 0.2) is 24.3 Å². The standard InChI is InChI=1S/C17H24N2O3/c1-12-5-4-6-15(11-12)13(2)16(21)18-7-9-19(10-8-18)17(22)14(3)20/h4-6,11,13-14,20H,7-10H2,1-3H3. The Morgan fingerprint density at radius 1 is 1.05 bits per heavy atom. The molecule has 1 fully saturated rings. The SMILES string of the molecule is Cc1cccc(C(C)C(=O)N2CCN(C(=O)C(C)O)CC2)c1. The number of carbonyl (C=O) groups is 2. The van der Waals surface area contributed by atoms with Crippen molar-refractivity contribution < 1.29 is 14.7 Å². The summed E-state index contributed by atoms with van der Waals surface area (Å²) in [4.78, 5) is 27.8.